The molecule has 0 saturated carbocycles. The van der Waals surface area contributed by atoms with Crippen molar-refractivity contribution in [3.05, 3.63) is 11.8 Å². The molecular formula is C19H34O3. The van der Waals surface area contributed by atoms with Gasteiger partial charge in [0.25, 0.3) is 0 Å². The Morgan fingerprint density at radius 2 is 1.73 bits per heavy atom. The van der Waals surface area contributed by atoms with E-state index in [9.17, 15) is 4.79 Å². The fourth-order valence-corrected chi connectivity index (χ4v) is 2.84. The van der Waals surface area contributed by atoms with Gasteiger partial charge in [-0.2, -0.15) is 0 Å². The lowest BCUT2D eigenvalue weighted by Gasteiger charge is -2.24. The van der Waals surface area contributed by atoms with Gasteiger partial charge in [0.1, 0.15) is 12.0 Å². The van der Waals surface area contributed by atoms with Crippen molar-refractivity contribution in [1.29, 1.82) is 0 Å². The first-order chi connectivity index (χ1) is 10.9. The minimum atomic E-state index is -0.140. The van der Waals surface area contributed by atoms with Crippen LogP contribution in [0.2, 0.25) is 0 Å². The molecule has 1 fully saturated rings. The Bertz CT molecular complexity index is 293. The highest BCUT2D eigenvalue weighted by Crippen LogP contribution is 2.20. The first-order valence-electron chi connectivity index (χ1n) is 9.29. The van der Waals surface area contributed by atoms with Gasteiger partial charge in [0.15, 0.2) is 6.29 Å². The van der Waals surface area contributed by atoms with E-state index in [0.29, 0.717) is 0 Å². The van der Waals surface area contributed by atoms with Gasteiger partial charge in [-0.25, -0.2) is 0 Å². The van der Waals surface area contributed by atoms with Crippen molar-refractivity contribution in [2.24, 2.45) is 0 Å². The highest BCUT2D eigenvalue weighted by molar-refractivity contribution is 5.65. The molecule has 0 aromatic heterocycles. The van der Waals surface area contributed by atoms with E-state index in [1.54, 1.807) is 6.08 Å². The molecule has 1 heterocycles. The number of hydrogen-bond donors (Lipinski definition) is 0. The zero-order valence-electron chi connectivity index (χ0n) is 14.4. The molecule has 22 heavy (non-hydrogen) atoms. The first kappa shape index (κ1) is 19.2. The van der Waals surface area contributed by atoms with Gasteiger partial charge in [0.05, 0.1) is 6.61 Å². The lowest BCUT2D eigenvalue weighted by atomic mass is 10.1. The van der Waals surface area contributed by atoms with E-state index in [0.717, 1.165) is 50.8 Å². The fraction of sp³-hybridized carbons (Fsp3) is 0.842. The highest BCUT2D eigenvalue weighted by atomic mass is 16.7. The predicted molar refractivity (Wildman–Crippen MR) is 90.7 cm³/mol. The maximum Gasteiger partial charge on any atom is 0.199 e. The van der Waals surface area contributed by atoms with E-state index in [4.69, 9.17) is 9.47 Å². The van der Waals surface area contributed by atoms with Crippen LogP contribution in [-0.2, 0) is 14.3 Å². The van der Waals surface area contributed by atoms with Crippen LogP contribution < -0.4 is 0 Å². The van der Waals surface area contributed by atoms with Crippen LogP contribution in [0.3, 0.4) is 0 Å². The van der Waals surface area contributed by atoms with Crippen LogP contribution >= 0.6 is 0 Å². The van der Waals surface area contributed by atoms with Crippen molar-refractivity contribution in [1.82, 2.24) is 0 Å². The second-order valence-corrected chi connectivity index (χ2v) is 6.26. The summed E-state index contributed by atoms with van der Waals surface area (Å²) in [6, 6.07) is 0. The zero-order valence-corrected chi connectivity index (χ0v) is 14.4. The summed E-state index contributed by atoms with van der Waals surface area (Å²) in [4.78, 5) is 10.7. The van der Waals surface area contributed by atoms with E-state index in [2.05, 4.69) is 6.92 Å². The molecule has 0 amide bonds. The first-order valence-corrected chi connectivity index (χ1v) is 9.29. The summed E-state index contributed by atoms with van der Waals surface area (Å²) in [5.74, 6) is 0.796. The van der Waals surface area contributed by atoms with Crippen LogP contribution in [0.25, 0.3) is 0 Å². The molecule has 0 N–H and O–H groups in total. The van der Waals surface area contributed by atoms with Crippen molar-refractivity contribution in [2.45, 2.75) is 96.7 Å². The number of rotatable bonds is 13. The van der Waals surface area contributed by atoms with Crippen molar-refractivity contribution in [3.8, 4) is 0 Å². The van der Waals surface area contributed by atoms with Gasteiger partial charge >= 0.3 is 0 Å². The molecule has 1 atom stereocenters. The number of unbranched alkanes of at least 4 members (excludes halogenated alkanes) is 8. The Balaban J connectivity index is 2.04. The third kappa shape index (κ3) is 9.99. The largest absolute Gasteiger partial charge is 0.469 e. The monoisotopic (exact) mass is 310 g/mol. The Morgan fingerprint density at radius 1 is 1.05 bits per heavy atom. The number of hydrogen-bond acceptors (Lipinski definition) is 3. The molecule has 1 saturated heterocycles. The maximum absolute atomic E-state index is 10.7. The summed E-state index contributed by atoms with van der Waals surface area (Å²) in [7, 11) is 0. The second kappa shape index (κ2) is 13.8. The molecule has 128 valence electrons. The number of allylic oxidation sites excluding steroid dienone is 2. The summed E-state index contributed by atoms with van der Waals surface area (Å²) in [5.41, 5.74) is 0. The van der Waals surface area contributed by atoms with Crippen molar-refractivity contribution >= 4 is 6.29 Å². The fourth-order valence-electron chi connectivity index (χ4n) is 2.84. The normalized spacial score (nSPS) is 19.1. The summed E-state index contributed by atoms with van der Waals surface area (Å²) in [5, 5.41) is 0. The topological polar surface area (TPSA) is 35.5 Å². The molecule has 0 bridgehead atoms. The molecule has 0 aliphatic carbocycles. The highest BCUT2D eigenvalue weighted by Gasteiger charge is 2.16. The van der Waals surface area contributed by atoms with Gasteiger partial charge in [0, 0.05) is 18.9 Å². The van der Waals surface area contributed by atoms with Crippen LogP contribution in [0.1, 0.15) is 90.4 Å². The lowest BCUT2D eigenvalue weighted by Crippen LogP contribution is -2.22. The Labute approximate surface area is 136 Å². The second-order valence-electron chi connectivity index (χ2n) is 6.26. The third-order valence-corrected chi connectivity index (χ3v) is 4.20. The van der Waals surface area contributed by atoms with E-state index < -0.39 is 0 Å². The summed E-state index contributed by atoms with van der Waals surface area (Å²) < 4.78 is 11.4. The van der Waals surface area contributed by atoms with Crippen LogP contribution in [0.4, 0.5) is 0 Å². The molecule has 1 aliphatic rings. The zero-order chi connectivity index (χ0) is 15.9. The van der Waals surface area contributed by atoms with E-state index >= 15 is 0 Å². The Kier molecular flexibility index (Phi) is 12.1. The van der Waals surface area contributed by atoms with Gasteiger partial charge < -0.3 is 9.47 Å². The van der Waals surface area contributed by atoms with Crippen molar-refractivity contribution in [2.75, 3.05) is 6.61 Å². The average molecular weight is 310 g/mol. The number of carbonyl (C=O) groups is 1. The van der Waals surface area contributed by atoms with Gasteiger partial charge in [0.2, 0.25) is 0 Å². The van der Waals surface area contributed by atoms with Crippen molar-refractivity contribution in [3.63, 3.8) is 0 Å². The molecule has 0 aromatic rings. The van der Waals surface area contributed by atoms with Gasteiger partial charge in [-0.1, -0.05) is 58.3 Å². The molecule has 0 spiro atoms. The third-order valence-electron chi connectivity index (χ3n) is 4.20. The van der Waals surface area contributed by atoms with Crippen molar-refractivity contribution < 1.29 is 14.3 Å². The predicted octanol–water partition coefficient (Wildman–Crippen LogP) is 5.53. The van der Waals surface area contributed by atoms with Crippen LogP contribution in [0.15, 0.2) is 11.8 Å². The van der Waals surface area contributed by atoms with E-state index in [1.165, 1.54) is 51.4 Å². The van der Waals surface area contributed by atoms with Gasteiger partial charge in [-0.3, -0.25) is 4.79 Å². The summed E-state index contributed by atoms with van der Waals surface area (Å²) >= 11 is 0. The molecule has 3 nitrogen and oxygen atoms in total. The molecule has 0 radical (unpaired) electrons. The summed E-state index contributed by atoms with van der Waals surface area (Å²) in [6.07, 6.45) is 18.1. The average Bonchev–Trinajstić information content (AvgIpc) is 2.54. The molecule has 1 aliphatic heterocycles. The smallest absolute Gasteiger partial charge is 0.199 e. The number of carbonyl (C=O) groups excluding carboxylic acids is 1. The molecule has 1 unspecified atom stereocenters. The Morgan fingerprint density at radius 3 is 2.32 bits per heavy atom. The minimum Gasteiger partial charge on any atom is -0.469 e. The van der Waals surface area contributed by atoms with Crippen LogP contribution in [0.5, 0.6) is 0 Å². The number of aldehydes is 1. The maximum atomic E-state index is 10.7. The van der Waals surface area contributed by atoms with Crippen LogP contribution in [-0.4, -0.2) is 19.2 Å². The van der Waals surface area contributed by atoms with E-state index in [-0.39, 0.29) is 6.29 Å². The van der Waals surface area contributed by atoms with Gasteiger partial charge in [-0.15, -0.1) is 0 Å². The Hall–Kier alpha value is -0.830. The standard InChI is InChI=1S/C19H34O3/c1-2-3-4-5-6-7-8-9-10-13-18(15-16-20)22-19-14-11-12-17-21-19/h15-16,19H,2-14,17H2,1H3. The van der Waals surface area contributed by atoms with Gasteiger partial charge in [-0.05, 0) is 19.3 Å². The molecule has 3 heteroatoms. The van der Waals surface area contributed by atoms with Crippen LogP contribution in [0, 0.1) is 0 Å². The van der Waals surface area contributed by atoms with E-state index in [1.807, 2.05) is 0 Å². The minimum absolute atomic E-state index is 0.140. The molecule has 1 rings (SSSR count). The quantitative estimate of drug-likeness (QED) is 0.194. The SMILES string of the molecule is CCCCCCCCCCCC(=CC=O)OC1CCCCO1. The lowest BCUT2D eigenvalue weighted by molar-refractivity contribution is -0.140. The molecule has 0 aromatic carbocycles. The number of ether oxygens (including phenoxy) is 2. The summed E-state index contributed by atoms with van der Waals surface area (Å²) in [6.45, 7) is 3.03. The molecular weight excluding hydrogens is 276 g/mol.